The minimum atomic E-state index is -0.417. The van der Waals surface area contributed by atoms with Gasteiger partial charge in [-0.05, 0) is 25.2 Å². The highest BCUT2D eigenvalue weighted by Crippen LogP contribution is 2.53. The summed E-state index contributed by atoms with van der Waals surface area (Å²) in [4.78, 5) is 12.6. The van der Waals surface area contributed by atoms with Gasteiger partial charge in [-0.15, -0.1) is 6.58 Å². The number of phenolic OH excluding ortho intramolecular Hbond substituents is 2. The van der Waals surface area contributed by atoms with Crippen LogP contribution < -0.4 is 4.74 Å². The number of rotatable bonds is 4. The number of phenols is 2. The Morgan fingerprint density at radius 1 is 1.36 bits per heavy atom. The molecule has 1 aromatic carbocycles. The quantitative estimate of drug-likeness (QED) is 0.656. The van der Waals surface area contributed by atoms with Gasteiger partial charge in [0.2, 0.25) is 0 Å². The van der Waals surface area contributed by atoms with Crippen LogP contribution in [0.25, 0.3) is 0 Å². The lowest BCUT2D eigenvalue weighted by atomic mass is 9.69. The fourth-order valence-corrected chi connectivity index (χ4v) is 3.62. The van der Waals surface area contributed by atoms with E-state index in [0.717, 1.165) is 0 Å². The van der Waals surface area contributed by atoms with Gasteiger partial charge in [0.25, 0.3) is 0 Å². The Kier molecular flexibility index (Phi) is 4.50. The van der Waals surface area contributed by atoms with E-state index >= 15 is 0 Å². The molecule has 22 heavy (non-hydrogen) atoms. The summed E-state index contributed by atoms with van der Waals surface area (Å²) in [7, 11) is 1.46. The number of allylic oxidation sites excluding steroid dienone is 1. The Labute approximate surface area is 131 Å². The largest absolute Gasteiger partial charge is 0.507 e. The fraction of sp³-hybridized carbons (Fsp3) is 0.500. The highest BCUT2D eigenvalue weighted by molar-refractivity contribution is 5.91. The molecule has 3 atom stereocenters. The highest BCUT2D eigenvalue weighted by Gasteiger charge is 2.40. The zero-order valence-corrected chi connectivity index (χ0v) is 13.6. The standard InChI is InChI=1S/C18H24O4/c1-6-7-9(2)13-12(19)8-10(3)14-15(13)16(20)11(4)18(22-5)17(14)21/h6,9-10,13,20-21H,1,7-8H2,2-5H3/t9-,10-,13-/m0/s1. The van der Waals surface area contributed by atoms with Crippen LogP contribution in [0.4, 0.5) is 0 Å². The molecule has 120 valence electrons. The number of carbonyl (C=O) groups is 1. The van der Waals surface area contributed by atoms with Crippen molar-refractivity contribution in [3.63, 3.8) is 0 Å². The maximum atomic E-state index is 12.6. The number of ether oxygens (including phenoxy) is 1. The molecule has 0 fully saturated rings. The normalized spacial score (nSPS) is 22.1. The van der Waals surface area contributed by atoms with Crippen LogP contribution in [0.3, 0.4) is 0 Å². The third-order valence-electron chi connectivity index (χ3n) is 4.68. The van der Waals surface area contributed by atoms with Crippen LogP contribution >= 0.6 is 0 Å². The van der Waals surface area contributed by atoms with Gasteiger partial charge in [0.15, 0.2) is 11.5 Å². The van der Waals surface area contributed by atoms with Gasteiger partial charge in [0, 0.05) is 29.0 Å². The second-order valence-corrected chi connectivity index (χ2v) is 6.23. The topological polar surface area (TPSA) is 66.8 Å². The van der Waals surface area contributed by atoms with Crippen molar-refractivity contribution in [2.45, 2.75) is 45.4 Å². The van der Waals surface area contributed by atoms with Crippen LogP contribution in [0.1, 0.15) is 55.2 Å². The summed E-state index contributed by atoms with van der Waals surface area (Å²) in [6, 6.07) is 0. The number of methoxy groups -OCH3 is 1. The van der Waals surface area contributed by atoms with Crippen molar-refractivity contribution in [1.29, 1.82) is 0 Å². The lowest BCUT2D eigenvalue weighted by molar-refractivity contribution is -0.122. The van der Waals surface area contributed by atoms with Gasteiger partial charge in [-0.1, -0.05) is 19.9 Å². The van der Waals surface area contributed by atoms with Gasteiger partial charge in [-0.25, -0.2) is 0 Å². The summed E-state index contributed by atoms with van der Waals surface area (Å²) in [6.45, 7) is 9.28. The average Bonchev–Trinajstić information content (AvgIpc) is 2.44. The van der Waals surface area contributed by atoms with E-state index in [1.807, 2.05) is 13.8 Å². The van der Waals surface area contributed by atoms with Crippen molar-refractivity contribution < 1.29 is 19.7 Å². The number of Topliss-reactive ketones (excluding diaryl/α,β-unsaturated/α-hetero) is 1. The first kappa shape index (κ1) is 16.4. The monoisotopic (exact) mass is 304 g/mol. The Hall–Kier alpha value is -1.97. The maximum absolute atomic E-state index is 12.6. The fourth-order valence-electron chi connectivity index (χ4n) is 3.62. The summed E-state index contributed by atoms with van der Waals surface area (Å²) in [5.41, 5.74) is 1.67. The molecule has 1 aliphatic rings. The lowest BCUT2D eigenvalue weighted by Crippen LogP contribution is -2.28. The summed E-state index contributed by atoms with van der Waals surface area (Å²) >= 11 is 0. The summed E-state index contributed by atoms with van der Waals surface area (Å²) < 4.78 is 5.23. The number of ketones is 1. The van der Waals surface area contributed by atoms with E-state index in [0.29, 0.717) is 29.5 Å². The molecule has 0 aliphatic heterocycles. The molecule has 0 heterocycles. The Morgan fingerprint density at radius 2 is 2.00 bits per heavy atom. The lowest BCUT2D eigenvalue weighted by Gasteiger charge is -2.34. The molecule has 1 aromatic rings. The number of benzene rings is 1. The van der Waals surface area contributed by atoms with Gasteiger partial charge < -0.3 is 14.9 Å². The molecule has 2 rings (SSSR count). The number of fused-ring (bicyclic) bond motifs is 1. The smallest absolute Gasteiger partial charge is 0.167 e. The molecule has 0 amide bonds. The first-order valence-corrected chi connectivity index (χ1v) is 7.60. The number of hydrogen-bond acceptors (Lipinski definition) is 4. The predicted molar refractivity (Wildman–Crippen MR) is 85.8 cm³/mol. The van der Waals surface area contributed by atoms with E-state index in [4.69, 9.17) is 4.74 Å². The van der Waals surface area contributed by atoms with E-state index in [1.165, 1.54) is 7.11 Å². The third kappa shape index (κ3) is 2.36. The van der Waals surface area contributed by atoms with Gasteiger partial charge in [-0.3, -0.25) is 4.79 Å². The molecule has 0 unspecified atom stereocenters. The second-order valence-electron chi connectivity index (χ2n) is 6.23. The number of aromatic hydroxyl groups is 2. The van der Waals surface area contributed by atoms with Crippen LogP contribution in [0.15, 0.2) is 12.7 Å². The molecule has 0 bridgehead atoms. The van der Waals surface area contributed by atoms with Crippen molar-refractivity contribution in [3.8, 4) is 17.2 Å². The van der Waals surface area contributed by atoms with Crippen molar-refractivity contribution in [2.24, 2.45) is 5.92 Å². The molecule has 0 saturated carbocycles. The van der Waals surface area contributed by atoms with Crippen LogP contribution in [-0.2, 0) is 4.79 Å². The molecular formula is C18H24O4. The van der Waals surface area contributed by atoms with Crippen molar-refractivity contribution in [3.05, 3.63) is 29.3 Å². The molecule has 2 N–H and O–H groups in total. The molecule has 0 radical (unpaired) electrons. The number of carbonyl (C=O) groups excluding carboxylic acids is 1. The Bertz CT molecular complexity index is 618. The predicted octanol–water partition coefficient (Wildman–Crippen LogP) is 3.79. The molecular weight excluding hydrogens is 280 g/mol. The third-order valence-corrected chi connectivity index (χ3v) is 4.68. The SMILES string of the molecule is C=CC[C@H](C)[C@H]1C(=O)C[C@H](C)c2c(O)c(OC)c(C)c(O)c21. The Morgan fingerprint density at radius 3 is 2.55 bits per heavy atom. The summed E-state index contributed by atoms with van der Waals surface area (Å²) in [6.07, 6.45) is 2.82. The zero-order chi connectivity index (χ0) is 16.6. The van der Waals surface area contributed by atoms with E-state index in [2.05, 4.69) is 6.58 Å². The molecule has 4 nitrogen and oxygen atoms in total. The average molecular weight is 304 g/mol. The van der Waals surface area contributed by atoms with Crippen LogP contribution in [0.2, 0.25) is 0 Å². The van der Waals surface area contributed by atoms with Crippen LogP contribution in [-0.4, -0.2) is 23.1 Å². The van der Waals surface area contributed by atoms with E-state index < -0.39 is 5.92 Å². The maximum Gasteiger partial charge on any atom is 0.167 e. The van der Waals surface area contributed by atoms with Gasteiger partial charge in [0.1, 0.15) is 11.5 Å². The second kappa shape index (κ2) is 6.03. The van der Waals surface area contributed by atoms with Crippen LogP contribution in [0.5, 0.6) is 17.2 Å². The Balaban J connectivity index is 2.75. The molecule has 4 heteroatoms. The summed E-state index contributed by atoms with van der Waals surface area (Å²) in [5, 5.41) is 21.2. The van der Waals surface area contributed by atoms with Crippen molar-refractivity contribution >= 4 is 5.78 Å². The van der Waals surface area contributed by atoms with Gasteiger partial charge in [0.05, 0.1) is 7.11 Å². The van der Waals surface area contributed by atoms with Crippen molar-refractivity contribution in [1.82, 2.24) is 0 Å². The van der Waals surface area contributed by atoms with E-state index in [9.17, 15) is 15.0 Å². The van der Waals surface area contributed by atoms with Gasteiger partial charge in [-0.2, -0.15) is 0 Å². The molecule has 0 spiro atoms. The molecule has 0 aromatic heterocycles. The number of hydrogen-bond donors (Lipinski definition) is 2. The minimum Gasteiger partial charge on any atom is -0.507 e. The van der Waals surface area contributed by atoms with Crippen LogP contribution in [0, 0.1) is 12.8 Å². The first-order chi connectivity index (χ1) is 10.3. The highest BCUT2D eigenvalue weighted by atomic mass is 16.5. The minimum absolute atomic E-state index is 0.0225. The molecule has 1 aliphatic carbocycles. The van der Waals surface area contributed by atoms with Crippen molar-refractivity contribution in [2.75, 3.05) is 7.11 Å². The molecule has 0 saturated heterocycles. The zero-order valence-electron chi connectivity index (χ0n) is 13.6. The van der Waals surface area contributed by atoms with E-state index in [-0.39, 0.29) is 34.9 Å². The first-order valence-electron chi connectivity index (χ1n) is 7.60. The summed E-state index contributed by atoms with van der Waals surface area (Å²) in [5.74, 6) is -0.0422. The van der Waals surface area contributed by atoms with E-state index in [1.54, 1.807) is 13.0 Å². The van der Waals surface area contributed by atoms with Gasteiger partial charge >= 0.3 is 0 Å².